The largest absolute Gasteiger partial charge is 0.477 e. The fourth-order valence-corrected chi connectivity index (χ4v) is 1.51. The van der Waals surface area contributed by atoms with Gasteiger partial charge in [-0.1, -0.05) is 0 Å². The number of aliphatic carboxylic acids is 1. The van der Waals surface area contributed by atoms with Crippen LogP contribution in [0.15, 0.2) is 0 Å². The van der Waals surface area contributed by atoms with Gasteiger partial charge in [-0.25, -0.2) is 4.79 Å². The van der Waals surface area contributed by atoms with E-state index in [-0.39, 0.29) is 0 Å². The van der Waals surface area contributed by atoms with Crippen molar-refractivity contribution in [2.75, 3.05) is 6.61 Å². The Labute approximate surface area is 90.3 Å². The molecular weight excluding hydrogens is 224 g/mol. The zero-order chi connectivity index (χ0) is 12.5. The van der Waals surface area contributed by atoms with Crippen LogP contribution in [0.3, 0.4) is 0 Å². The molecule has 5 atom stereocenters. The zero-order valence-corrected chi connectivity index (χ0v) is 8.22. The van der Waals surface area contributed by atoms with Crippen LogP contribution in [0.4, 0.5) is 0 Å². The molecule has 0 saturated carbocycles. The molecule has 1 rings (SSSR count). The van der Waals surface area contributed by atoms with Crippen LogP contribution in [0.5, 0.6) is 0 Å². The SMILES string of the molecule is O=C(O)C1(O)C[C@@H](O)[C@@H](O)[C@@H]([C@@H](O)CO)O1. The molecule has 1 saturated heterocycles. The van der Waals surface area contributed by atoms with E-state index in [0.717, 1.165) is 0 Å². The van der Waals surface area contributed by atoms with E-state index in [0.29, 0.717) is 0 Å². The van der Waals surface area contributed by atoms with Crippen LogP contribution in [0.1, 0.15) is 6.42 Å². The van der Waals surface area contributed by atoms with Gasteiger partial charge in [0.15, 0.2) is 0 Å². The third kappa shape index (κ3) is 2.32. The molecule has 1 heterocycles. The Hall–Kier alpha value is -0.770. The monoisotopic (exact) mass is 238 g/mol. The molecule has 0 amide bonds. The van der Waals surface area contributed by atoms with Crippen molar-refractivity contribution in [3.8, 4) is 0 Å². The summed E-state index contributed by atoms with van der Waals surface area (Å²) in [5, 5.41) is 54.7. The highest BCUT2D eigenvalue weighted by atomic mass is 16.7. The molecule has 1 fully saturated rings. The van der Waals surface area contributed by atoms with Crippen molar-refractivity contribution in [1.29, 1.82) is 0 Å². The van der Waals surface area contributed by atoms with Gasteiger partial charge in [0.05, 0.1) is 12.7 Å². The first-order valence-corrected chi connectivity index (χ1v) is 4.60. The van der Waals surface area contributed by atoms with Gasteiger partial charge in [-0.3, -0.25) is 0 Å². The Bertz CT molecular complexity index is 269. The molecule has 0 aromatic carbocycles. The summed E-state index contributed by atoms with van der Waals surface area (Å²) in [4.78, 5) is 10.7. The van der Waals surface area contributed by atoms with Crippen LogP contribution in [0.2, 0.25) is 0 Å². The summed E-state index contributed by atoms with van der Waals surface area (Å²) in [5.41, 5.74) is 0. The lowest BCUT2D eigenvalue weighted by Gasteiger charge is -2.41. The second-order valence-electron chi connectivity index (χ2n) is 3.68. The highest BCUT2D eigenvalue weighted by Crippen LogP contribution is 2.29. The zero-order valence-electron chi connectivity index (χ0n) is 8.22. The number of carboxylic acids is 1. The lowest BCUT2D eigenvalue weighted by atomic mass is 9.93. The number of ether oxygens (including phenoxy) is 1. The molecule has 1 unspecified atom stereocenters. The number of hydrogen-bond donors (Lipinski definition) is 6. The Morgan fingerprint density at radius 2 is 2.06 bits per heavy atom. The van der Waals surface area contributed by atoms with E-state index >= 15 is 0 Å². The summed E-state index contributed by atoms with van der Waals surface area (Å²) >= 11 is 0. The fraction of sp³-hybridized carbons (Fsp3) is 0.875. The van der Waals surface area contributed by atoms with Crippen molar-refractivity contribution >= 4 is 5.97 Å². The van der Waals surface area contributed by atoms with Crippen LogP contribution < -0.4 is 0 Å². The van der Waals surface area contributed by atoms with Gasteiger partial charge < -0.3 is 35.4 Å². The number of carboxylic acid groups (broad SMARTS) is 1. The minimum Gasteiger partial charge on any atom is -0.477 e. The van der Waals surface area contributed by atoms with Crippen LogP contribution in [-0.2, 0) is 9.53 Å². The molecule has 1 aliphatic rings. The first-order chi connectivity index (χ1) is 7.31. The third-order valence-electron chi connectivity index (χ3n) is 2.45. The molecular formula is C8H14O8. The molecule has 0 radical (unpaired) electrons. The normalized spacial score (nSPS) is 41.7. The Kier molecular flexibility index (Phi) is 3.84. The predicted octanol–water partition coefficient (Wildman–Crippen LogP) is -3.38. The number of aliphatic hydroxyl groups excluding tert-OH is 4. The van der Waals surface area contributed by atoms with Gasteiger partial charge in [-0.2, -0.15) is 0 Å². The van der Waals surface area contributed by atoms with Gasteiger partial charge in [-0.05, 0) is 0 Å². The maximum absolute atomic E-state index is 10.7. The molecule has 0 aromatic rings. The highest BCUT2D eigenvalue weighted by molar-refractivity contribution is 5.75. The summed E-state index contributed by atoms with van der Waals surface area (Å²) in [7, 11) is 0. The van der Waals surface area contributed by atoms with E-state index in [1.165, 1.54) is 0 Å². The maximum Gasteiger partial charge on any atom is 0.364 e. The molecule has 94 valence electrons. The van der Waals surface area contributed by atoms with Crippen molar-refractivity contribution in [2.24, 2.45) is 0 Å². The predicted molar refractivity (Wildman–Crippen MR) is 47.2 cm³/mol. The molecule has 0 bridgehead atoms. The Balaban J connectivity index is 2.89. The van der Waals surface area contributed by atoms with Crippen LogP contribution in [0, 0.1) is 0 Å². The number of carbonyl (C=O) groups is 1. The van der Waals surface area contributed by atoms with Gasteiger partial charge in [-0.15, -0.1) is 0 Å². The fourth-order valence-electron chi connectivity index (χ4n) is 1.51. The summed E-state index contributed by atoms with van der Waals surface area (Å²) in [6.45, 7) is -0.801. The number of rotatable bonds is 3. The second-order valence-corrected chi connectivity index (χ2v) is 3.68. The smallest absolute Gasteiger partial charge is 0.364 e. The van der Waals surface area contributed by atoms with Crippen LogP contribution >= 0.6 is 0 Å². The Morgan fingerprint density at radius 3 is 2.50 bits per heavy atom. The van der Waals surface area contributed by atoms with Crippen molar-refractivity contribution < 1.29 is 40.2 Å². The molecule has 0 spiro atoms. The average Bonchev–Trinajstić information content (AvgIpc) is 2.22. The van der Waals surface area contributed by atoms with Gasteiger partial charge >= 0.3 is 5.97 Å². The topological polar surface area (TPSA) is 148 Å². The molecule has 16 heavy (non-hydrogen) atoms. The number of aliphatic hydroxyl groups is 5. The first-order valence-electron chi connectivity index (χ1n) is 4.60. The third-order valence-corrected chi connectivity index (χ3v) is 2.45. The van der Waals surface area contributed by atoms with E-state index in [1.807, 2.05) is 0 Å². The van der Waals surface area contributed by atoms with Crippen molar-refractivity contribution in [1.82, 2.24) is 0 Å². The van der Waals surface area contributed by atoms with Crippen LogP contribution in [0.25, 0.3) is 0 Å². The second kappa shape index (κ2) is 4.62. The molecule has 8 nitrogen and oxygen atoms in total. The van der Waals surface area contributed by atoms with Crippen molar-refractivity contribution in [2.45, 2.75) is 36.6 Å². The molecule has 8 heteroatoms. The summed E-state index contributed by atoms with van der Waals surface area (Å²) in [5.74, 6) is -4.42. The molecule has 0 aliphatic carbocycles. The van der Waals surface area contributed by atoms with Crippen molar-refractivity contribution in [3.05, 3.63) is 0 Å². The van der Waals surface area contributed by atoms with Gasteiger partial charge in [0.25, 0.3) is 5.79 Å². The average molecular weight is 238 g/mol. The van der Waals surface area contributed by atoms with E-state index in [1.54, 1.807) is 0 Å². The van der Waals surface area contributed by atoms with Gasteiger partial charge in [0.2, 0.25) is 0 Å². The quantitative estimate of drug-likeness (QED) is 0.298. The van der Waals surface area contributed by atoms with Gasteiger partial charge in [0, 0.05) is 6.42 Å². The standard InChI is InChI=1S/C8H14O8/c9-2-4(11)6-5(12)3(10)1-8(15,16-6)7(13)14/h3-6,9-12,15H,1-2H2,(H,13,14)/t3-,4+,5-,6-,8?/m1/s1. The minimum atomic E-state index is -2.68. The highest BCUT2D eigenvalue weighted by Gasteiger charge is 2.52. The molecule has 0 aromatic heterocycles. The maximum atomic E-state index is 10.7. The lowest BCUT2D eigenvalue weighted by molar-refractivity contribution is -0.308. The van der Waals surface area contributed by atoms with Crippen molar-refractivity contribution in [3.63, 3.8) is 0 Å². The summed E-state index contributed by atoms with van der Waals surface area (Å²) < 4.78 is 4.61. The van der Waals surface area contributed by atoms with E-state index in [2.05, 4.69) is 4.74 Å². The van der Waals surface area contributed by atoms with Gasteiger partial charge in [0.1, 0.15) is 18.3 Å². The summed E-state index contributed by atoms with van der Waals surface area (Å²) in [6.07, 6.45) is -7.05. The van der Waals surface area contributed by atoms with E-state index in [9.17, 15) is 25.2 Å². The van der Waals surface area contributed by atoms with E-state index in [4.69, 9.17) is 10.2 Å². The molecule has 1 aliphatic heterocycles. The van der Waals surface area contributed by atoms with Crippen LogP contribution in [-0.4, -0.2) is 73.4 Å². The minimum absolute atomic E-state index is 0.724. The van der Waals surface area contributed by atoms with E-state index < -0.39 is 49.2 Å². The number of hydrogen-bond acceptors (Lipinski definition) is 7. The summed E-state index contributed by atoms with van der Waals surface area (Å²) in [6, 6.07) is 0. The molecule has 6 N–H and O–H groups in total. The Morgan fingerprint density at radius 1 is 1.50 bits per heavy atom. The lowest BCUT2D eigenvalue weighted by Crippen LogP contribution is -2.61. The first kappa shape index (κ1) is 13.3.